The molecule has 0 atom stereocenters. The summed E-state index contributed by atoms with van der Waals surface area (Å²) in [7, 11) is 1.66. The third-order valence-electron chi connectivity index (χ3n) is 5.72. The van der Waals surface area contributed by atoms with Crippen molar-refractivity contribution in [2.24, 2.45) is 0 Å². The second-order valence-corrected chi connectivity index (χ2v) is 7.45. The summed E-state index contributed by atoms with van der Waals surface area (Å²) in [5.41, 5.74) is 2.81. The number of ether oxygens (including phenoxy) is 3. The summed E-state index contributed by atoms with van der Waals surface area (Å²) in [5.74, 6) is 0.133. The lowest BCUT2D eigenvalue weighted by molar-refractivity contribution is -0.0950. The first kappa shape index (κ1) is 18.9. The highest BCUT2D eigenvalue weighted by Crippen LogP contribution is 2.37. The van der Waals surface area contributed by atoms with Crippen LogP contribution in [0.4, 0.5) is 4.39 Å². The van der Waals surface area contributed by atoms with Gasteiger partial charge in [0.1, 0.15) is 18.2 Å². The van der Waals surface area contributed by atoms with Crippen molar-refractivity contribution in [2.45, 2.75) is 25.0 Å². The number of hydrogen-bond donors (Lipinski definition) is 0. The van der Waals surface area contributed by atoms with Crippen molar-refractivity contribution in [3.8, 4) is 5.75 Å². The highest BCUT2D eigenvalue weighted by atomic mass is 19.1. The molecule has 0 bridgehead atoms. The van der Waals surface area contributed by atoms with E-state index in [4.69, 9.17) is 14.2 Å². The smallest absolute Gasteiger partial charge is 0.179 e. The molecule has 1 aliphatic heterocycles. The molecule has 5 rings (SSSR count). The molecular formula is C22H21FN4O3. The first-order valence-corrected chi connectivity index (χ1v) is 9.83. The Kier molecular flexibility index (Phi) is 4.80. The lowest BCUT2D eigenvalue weighted by atomic mass is 9.86. The Hall–Kier alpha value is -3.10. The van der Waals surface area contributed by atoms with Crippen LogP contribution in [0.2, 0.25) is 0 Å². The second-order valence-electron chi connectivity index (χ2n) is 7.45. The van der Waals surface area contributed by atoms with E-state index < -0.39 is 5.60 Å². The summed E-state index contributed by atoms with van der Waals surface area (Å²) in [4.78, 5) is 0. The zero-order valence-electron chi connectivity index (χ0n) is 16.5. The van der Waals surface area contributed by atoms with Gasteiger partial charge in [-0.25, -0.2) is 4.39 Å². The van der Waals surface area contributed by atoms with Gasteiger partial charge in [-0.2, -0.15) is 4.52 Å². The fraction of sp³-hybridized carbons (Fsp3) is 0.318. The van der Waals surface area contributed by atoms with E-state index in [2.05, 4.69) is 15.5 Å². The van der Waals surface area contributed by atoms with Gasteiger partial charge in [0.25, 0.3) is 0 Å². The fourth-order valence-electron chi connectivity index (χ4n) is 4.04. The van der Waals surface area contributed by atoms with Gasteiger partial charge in [-0.15, -0.1) is 5.10 Å². The molecule has 0 N–H and O–H groups in total. The predicted molar refractivity (Wildman–Crippen MR) is 108 cm³/mol. The van der Waals surface area contributed by atoms with Gasteiger partial charge in [0.2, 0.25) is 0 Å². The first-order valence-electron chi connectivity index (χ1n) is 9.83. The Labute approximate surface area is 172 Å². The van der Waals surface area contributed by atoms with Crippen LogP contribution in [0, 0.1) is 5.82 Å². The third-order valence-corrected chi connectivity index (χ3v) is 5.72. The maximum Gasteiger partial charge on any atom is 0.179 e. The number of hydrogen-bond acceptors (Lipinski definition) is 6. The molecule has 30 heavy (non-hydrogen) atoms. The molecule has 1 aliphatic rings. The number of fused-ring (bicyclic) bond motifs is 3. The van der Waals surface area contributed by atoms with E-state index in [0.29, 0.717) is 44.1 Å². The lowest BCUT2D eigenvalue weighted by Crippen LogP contribution is -2.35. The average Bonchev–Trinajstić information content (AvgIpc) is 3.27. The summed E-state index contributed by atoms with van der Waals surface area (Å²) in [5, 5.41) is 12.7. The molecule has 3 heterocycles. The van der Waals surface area contributed by atoms with Crippen LogP contribution in [0.3, 0.4) is 0 Å². The molecule has 154 valence electrons. The van der Waals surface area contributed by atoms with E-state index in [1.54, 1.807) is 11.6 Å². The maximum absolute atomic E-state index is 14.4. The molecule has 0 unspecified atom stereocenters. The van der Waals surface area contributed by atoms with Gasteiger partial charge in [0.05, 0.1) is 11.1 Å². The summed E-state index contributed by atoms with van der Waals surface area (Å²) in [6.45, 7) is 1.49. The quantitative estimate of drug-likeness (QED) is 0.502. The Morgan fingerprint density at radius 3 is 2.80 bits per heavy atom. The Morgan fingerprint density at radius 2 is 1.97 bits per heavy atom. The molecule has 8 heteroatoms. The number of tetrazole rings is 1. The van der Waals surface area contributed by atoms with Crippen LogP contribution in [0.15, 0.2) is 48.5 Å². The van der Waals surface area contributed by atoms with Gasteiger partial charge in [-0.3, -0.25) is 0 Å². The number of rotatable bonds is 5. The number of methoxy groups -OCH3 is 1. The Balaban J connectivity index is 1.39. The van der Waals surface area contributed by atoms with Crippen LogP contribution in [0.5, 0.6) is 5.75 Å². The van der Waals surface area contributed by atoms with Crippen molar-refractivity contribution in [3.63, 3.8) is 0 Å². The monoisotopic (exact) mass is 408 g/mol. The number of benzene rings is 2. The summed E-state index contributed by atoms with van der Waals surface area (Å²) >= 11 is 0. The van der Waals surface area contributed by atoms with Crippen LogP contribution in [0.1, 0.15) is 24.0 Å². The molecule has 0 spiro atoms. The molecule has 1 fully saturated rings. The SMILES string of the molecule is COC1(c2cc(F)cc(OCc3ccc4c(ccc5nnnn54)c3)c2)CCOCC1. The minimum absolute atomic E-state index is 0.315. The van der Waals surface area contributed by atoms with Gasteiger partial charge in [-0.1, -0.05) is 6.07 Å². The fourth-order valence-corrected chi connectivity index (χ4v) is 4.04. The zero-order chi connectivity index (χ0) is 20.6. The lowest BCUT2D eigenvalue weighted by Gasteiger charge is -2.36. The molecule has 7 nitrogen and oxygen atoms in total. The minimum atomic E-state index is -0.543. The highest BCUT2D eigenvalue weighted by Gasteiger charge is 2.35. The molecule has 1 saturated heterocycles. The molecule has 0 amide bonds. The largest absolute Gasteiger partial charge is 0.489 e. The molecular weight excluding hydrogens is 387 g/mol. The summed E-state index contributed by atoms with van der Waals surface area (Å²) in [6.07, 6.45) is 1.37. The van der Waals surface area contributed by atoms with Crippen molar-refractivity contribution in [3.05, 3.63) is 65.5 Å². The Bertz CT molecular complexity index is 1200. The second kappa shape index (κ2) is 7.62. The number of pyridine rings is 1. The van der Waals surface area contributed by atoms with E-state index >= 15 is 0 Å². The van der Waals surface area contributed by atoms with Crippen molar-refractivity contribution < 1.29 is 18.6 Å². The van der Waals surface area contributed by atoms with Crippen LogP contribution in [-0.2, 0) is 21.7 Å². The van der Waals surface area contributed by atoms with E-state index in [1.165, 1.54) is 12.1 Å². The minimum Gasteiger partial charge on any atom is -0.489 e. The molecule has 0 aliphatic carbocycles. The van der Waals surface area contributed by atoms with E-state index in [0.717, 1.165) is 22.0 Å². The van der Waals surface area contributed by atoms with Crippen LogP contribution >= 0.6 is 0 Å². The van der Waals surface area contributed by atoms with E-state index in [9.17, 15) is 4.39 Å². The van der Waals surface area contributed by atoms with E-state index in [1.807, 2.05) is 36.4 Å². The van der Waals surface area contributed by atoms with Crippen LogP contribution in [-0.4, -0.2) is 40.4 Å². The molecule has 0 radical (unpaired) electrons. The topological polar surface area (TPSA) is 70.8 Å². The average molecular weight is 408 g/mol. The third kappa shape index (κ3) is 3.38. The normalized spacial score (nSPS) is 16.2. The van der Waals surface area contributed by atoms with Crippen molar-refractivity contribution in [1.82, 2.24) is 20.0 Å². The van der Waals surface area contributed by atoms with Gasteiger partial charge in [0.15, 0.2) is 5.65 Å². The van der Waals surface area contributed by atoms with Crippen molar-refractivity contribution in [2.75, 3.05) is 20.3 Å². The first-order chi connectivity index (χ1) is 14.7. The molecule has 2 aromatic carbocycles. The van der Waals surface area contributed by atoms with Gasteiger partial charge in [-0.05, 0) is 58.0 Å². The van der Waals surface area contributed by atoms with Crippen molar-refractivity contribution in [1.29, 1.82) is 0 Å². The van der Waals surface area contributed by atoms with E-state index in [-0.39, 0.29) is 5.82 Å². The van der Waals surface area contributed by atoms with Crippen LogP contribution in [0.25, 0.3) is 16.6 Å². The molecule has 4 aromatic rings. The van der Waals surface area contributed by atoms with Gasteiger partial charge in [0, 0.05) is 44.6 Å². The summed E-state index contributed by atoms with van der Waals surface area (Å²) < 4.78 is 33.2. The Morgan fingerprint density at radius 1 is 1.10 bits per heavy atom. The molecule has 2 aromatic heterocycles. The number of halogens is 1. The van der Waals surface area contributed by atoms with Crippen LogP contribution < -0.4 is 4.74 Å². The van der Waals surface area contributed by atoms with Crippen molar-refractivity contribution >= 4 is 16.6 Å². The zero-order valence-corrected chi connectivity index (χ0v) is 16.5. The number of nitrogens with zero attached hydrogens (tertiary/aromatic N) is 4. The standard InChI is InChI=1S/C22H21FN4O3/c1-28-22(6-8-29-9-7-22)17-11-18(23)13-19(12-17)30-14-15-2-4-20-16(10-15)3-5-21-24-25-26-27(20)21/h2-5,10-13H,6-9,14H2,1H3. The summed E-state index contributed by atoms with van der Waals surface area (Å²) in [6, 6.07) is 14.6. The molecule has 0 saturated carbocycles. The predicted octanol–water partition coefficient (Wildman–Crippen LogP) is 3.65. The van der Waals surface area contributed by atoms with Gasteiger partial charge < -0.3 is 14.2 Å². The maximum atomic E-state index is 14.4. The van der Waals surface area contributed by atoms with Gasteiger partial charge >= 0.3 is 0 Å². The highest BCUT2D eigenvalue weighted by molar-refractivity contribution is 5.82. The number of aromatic nitrogens is 4.